The zero-order chi connectivity index (χ0) is 41.8. The zero-order valence-electron chi connectivity index (χ0n) is 31.4. The van der Waals surface area contributed by atoms with Gasteiger partial charge >= 0.3 is 0 Å². The van der Waals surface area contributed by atoms with Gasteiger partial charge in [0.25, 0.3) is 10.1 Å². The molecule has 0 aliphatic heterocycles. The lowest BCUT2D eigenvalue weighted by atomic mass is 10.1. The Morgan fingerprint density at radius 2 is 1.34 bits per heavy atom. The smallest absolute Gasteiger partial charge is 0.264 e. The number of benzene rings is 2. The number of nitriles is 2. The highest BCUT2D eigenvalue weighted by molar-refractivity contribution is 7.85. The number of oxazole rings is 1. The van der Waals surface area contributed by atoms with Crippen molar-refractivity contribution in [1.29, 1.82) is 10.5 Å². The lowest BCUT2D eigenvalue weighted by molar-refractivity contribution is 0.300. The Morgan fingerprint density at radius 3 is 1.95 bits per heavy atom. The van der Waals surface area contributed by atoms with E-state index in [2.05, 4.69) is 45.1 Å². The van der Waals surface area contributed by atoms with E-state index in [9.17, 15) is 18.8 Å². The largest absolute Gasteiger partial charge is 0.508 e. The molecule has 0 radical (unpaired) electrons. The molecule has 0 unspecified atom stereocenters. The lowest BCUT2D eigenvalue weighted by Gasteiger charge is -2.05. The van der Waals surface area contributed by atoms with Crippen LogP contribution in [0.1, 0.15) is 22.5 Å². The topological polar surface area (TPSA) is 255 Å². The van der Waals surface area contributed by atoms with Crippen molar-refractivity contribution in [2.45, 2.75) is 13.2 Å². The van der Waals surface area contributed by atoms with Gasteiger partial charge in [-0.15, -0.1) is 0 Å². The molecule has 0 atom stereocenters. The van der Waals surface area contributed by atoms with Crippen molar-refractivity contribution >= 4 is 32.2 Å². The number of nitrogens with zero attached hydrogens (tertiary/aromatic N) is 9. The van der Waals surface area contributed by atoms with Crippen LogP contribution in [-0.4, -0.2) is 68.9 Å². The molecular formula is C40H31N9O9S. The van der Waals surface area contributed by atoms with Crippen molar-refractivity contribution in [3.05, 3.63) is 127 Å². The van der Waals surface area contributed by atoms with Gasteiger partial charge in [-0.3, -0.25) is 24.1 Å². The molecular weight excluding hydrogens is 783 g/mol. The fourth-order valence-corrected chi connectivity index (χ4v) is 5.35. The molecule has 0 saturated heterocycles. The van der Waals surface area contributed by atoms with Crippen LogP contribution in [0.2, 0.25) is 0 Å². The van der Waals surface area contributed by atoms with Gasteiger partial charge < -0.3 is 28.2 Å². The number of aromatic hydroxyl groups is 1. The maximum Gasteiger partial charge on any atom is 0.264 e. The van der Waals surface area contributed by atoms with Crippen molar-refractivity contribution in [2.24, 2.45) is 0 Å². The number of rotatable bonds is 10. The number of furan rings is 1. The monoisotopic (exact) mass is 813 g/mol. The minimum atomic E-state index is -3.44. The molecule has 19 heteroatoms. The molecule has 18 nitrogen and oxygen atoms in total. The first-order chi connectivity index (χ1) is 28.5. The Hall–Kier alpha value is -8.00. The van der Waals surface area contributed by atoms with Crippen molar-refractivity contribution in [2.75, 3.05) is 20.5 Å². The second-order valence-electron chi connectivity index (χ2n) is 11.9. The number of phenols is 1. The van der Waals surface area contributed by atoms with Gasteiger partial charge in [0.05, 0.1) is 73.3 Å². The molecule has 0 saturated carbocycles. The predicted octanol–water partition coefficient (Wildman–Crippen LogP) is 6.17. The molecule has 6 heterocycles. The van der Waals surface area contributed by atoms with E-state index in [4.69, 9.17) is 28.3 Å². The van der Waals surface area contributed by atoms with Crippen LogP contribution in [0.25, 0.3) is 44.8 Å². The first-order valence-electron chi connectivity index (χ1n) is 17.0. The van der Waals surface area contributed by atoms with E-state index in [1.807, 2.05) is 30.3 Å². The summed E-state index contributed by atoms with van der Waals surface area (Å²) in [6.07, 6.45) is 13.1. The van der Waals surface area contributed by atoms with Crippen LogP contribution < -0.4 is 14.2 Å². The molecule has 0 fully saturated rings. The average Bonchev–Trinajstić information content (AvgIpc) is 3.89. The van der Waals surface area contributed by atoms with Crippen LogP contribution in [0.3, 0.4) is 0 Å². The van der Waals surface area contributed by atoms with Gasteiger partial charge in [-0.05, 0) is 48.5 Å². The Balaban J connectivity index is 0.000000159. The molecule has 59 heavy (non-hydrogen) atoms. The second kappa shape index (κ2) is 18.8. The summed E-state index contributed by atoms with van der Waals surface area (Å²) in [6, 6.07) is 19.7. The highest BCUT2D eigenvalue weighted by atomic mass is 32.2. The molecule has 0 amide bonds. The normalized spacial score (nSPS) is 10.7. The van der Waals surface area contributed by atoms with E-state index < -0.39 is 10.1 Å². The molecule has 0 aliphatic rings. The van der Waals surface area contributed by atoms with Crippen molar-refractivity contribution in [3.63, 3.8) is 0 Å². The van der Waals surface area contributed by atoms with Gasteiger partial charge in [-0.1, -0.05) is 0 Å². The van der Waals surface area contributed by atoms with E-state index in [1.54, 1.807) is 50.1 Å². The zero-order valence-corrected chi connectivity index (χ0v) is 32.2. The Labute approximate surface area is 336 Å². The summed E-state index contributed by atoms with van der Waals surface area (Å²) in [5.74, 6) is 2.59. The summed E-state index contributed by atoms with van der Waals surface area (Å²) in [4.78, 5) is 28.1. The van der Waals surface area contributed by atoms with E-state index in [0.717, 1.165) is 11.6 Å². The van der Waals surface area contributed by atoms with Crippen LogP contribution >= 0.6 is 0 Å². The number of hydrogen-bond donors (Lipinski definition) is 1. The maximum atomic E-state index is 10.6. The van der Waals surface area contributed by atoms with Gasteiger partial charge in [0.2, 0.25) is 17.7 Å². The molecule has 0 bridgehead atoms. The van der Waals surface area contributed by atoms with Crippen molar-refractivity contribution in [3.8, 4) is 58.2 Å². The van der Waals surface area contributed by atoms with E-state index >= 15 is 0 Å². The number of pyridine rings is 2. The van der Waals surface area contributed by atoms with Crippen molar-refractivity contribution in [1.82, 2.24) is 34.9 Å². The minimum Gasteiger partial charge on any atom is -0.508 e. The first-order valence-corrected chi connectivity index (χ1v) is 18.9. The lowest BCUT2D eigenvalue weighted by Crippen LogP contribution is -2.04. The molecule has 8 aromatic rings. The Kier molecular flexibility index (Phi) is 12.9. The molecule has 0 spiro atoms. The van der Waals surface area contributed by atoms with Crippen LogP contribution in [0, 0.1) is 22.7 Å². The van der Waals surface area contributed by atoms with Crippen LogP contribution in [-0.2, 0) is 27.5 Å². The fourth-order valence-electron chi connectivity index (χ4n) is 5.01. The molecule has 1 N–H and O–H groups in total. The molecule has 6 aromatic heterocycles. The number of phenolic OH excluding ortho intramolecular Hbond substituents is 1. The molecule has 2 aromatic carbocycles. The predicted molar refractivity (Wildman–Crippen MR) is 209 cm³/mol. The number of hydrogen-bond acceptors (Lipinski definition) is 18. The van der Waals surface area contributed by atoms with Gasteiger partial charge in [0.15, 0.2) is 5.58 Å². The fraction of sp³-hybridized carbons (Fsp3) is 0.125. The summed E-state index contributed by atoms with van der Waals surface area (Å²) in [5, 5.41) is 28.5. The third-order valence-corrected chi connectivity index (χ3v) is 8.37. The summed E-state index contributed by atoms with van der Waals surface area (Å²) in [6.45, 7) is 0.173. The summed E-state index contributed by atoms with van der Waals surface area (Å²) < 4.78 is 52.8. The van der Waals surface area contributed by atoms with Crippen LogP contribution in [0.15, 0.2) is 113 Å². The van der Waals surface area contributed by atoms with Crippen LogP contribution in [0.5, 0.6) is 23.3 Å². The van der Waals surface area contributed by atoms with Crippen LogP contribution in [0.4, 0.5) is 0 Å². The number of aromatic nitrogens is 7. The maximum absolute atomic E-state index is 10.6. The quantitative estimate of drug-likeness (QED) is 0.151. The SMILES string of the molecule is COc1cnc(COS(C)(=O)=O)cn1.COc1cnc(COc2ccc3oc(-c4ccncc4C#N)cc3c2)cn1.N#Cc1cnccc1-c1nc2cc(O)ccc2o1. The molecule has 8 rings (SSSR count). The highest BCUT2D eigenvalue weighted by Gasteiger charge is 2.14. The summed E-state index contributed by atoms with van der Waals surface area (Å²) >= 11 is 0. The number of methoxy groups -OCH3 is 2. The van der Waals surface area contributed by atoms with E-state index in [-0.39, 0.29) is 19.0 Å². The van der Waals surface area contributed by atoms with E-state index in [1.165, 1.54) is 44.0 Å². The molecule has 296 valence electrons. The highest BCUT2D eigenvalue weighted by Crippen LogP contribution is 2.32. The average molecular weight is 814 g/mol. The minimum absolute atomic E-state index is 0.115. The second-order valence-corrected chi connectivity index (χ2v) is 13.5. The third-order valence-electron chi connectivity index (χ3n) is 7.83. The summed E-state index contributed by atoms with van der Waals surface area (Å²) in [5.41, 5.74) is 5.09. The van der Waals surface area contributed by atoms with Gasteiger partial charge in [-0.2, -0.15) is 18.9 Å². The molecule has 0 aliphatic carbocycles. The summed E-state index contributed by atoms with van der Waals surface area (Å²) in [7, 11) is -0.426. The van der Waals surface area contributed by atoms with Crippen molar-refractivity contribution < 1.29 is 40.8 Å². The number of fused-ring (bicyclic) bond motifs is 2. The van der Waals surface area contributed by atoms with Gasteiger partial charge in [0, 0.05) is 41.8 Å². The third kappa shape index (κ3) is 10.9. The first kappa shape index (κ1) is 40.7. The standard InChI is InChI=1S/C20H14N4O3.C13H7N3O2.C7H10N2O4S/c1-25-20-11-23-15(10-24-20)12-26-16-2-3-18-13(6-16)7-19(27-18)17-4-5-22-9-14(17)8-21;14-6-8-7-15-4-3-10(8)13-16-11-5-9(17)1-2-12(11)18-13;1-12-7-4-8-6(3-9-7)5-13-14(2,10)11/h2-7,9-11H,12H2,1H3;1-5,7,17H;3-4H,5H2,1-2H3. The van der Waals surface area contributed by atoms with Gasteiger partial charge in [0.1, 0.15) is 53.7 Å². The Morgan fingerprint density at radius 1 is 0.712 bits per heavy atom. The van der Waals surface area contributed by atoms with E-state index in [0.29, 0.717) is 79.5 Å². The Bertz CT molecular complexity index is 2890. The number of ether oxygens (including phenoxy) is 3. The van der Waals surface area contributed by atoms with Gasteiger partial charge in [-0.25, -0.2) is 15.0 Å².